The van der Waals surface area contributed by atoms with Crippen molar-refractivity contribution < 1.29 is 4.79 Å². The number of thiazole rings is 1. The lowest BCUT2D eigenvalue weighted by Gasteiger charge is -2.11. The van der Waals surface area contributed by atoms with Gasteiger partial charge in [-0.1, -0.05) is 12.1 Å². The molecule has 0 radical (unpaired) electrons. The van der Waals surface area contributed by atoms with Crippen LogP contribution in [0.2, 0.25) is 0 Å². The van der Waals surface area contributed by atoms with Crippen LogP contribution >= 0.6 is 11.3 Å². The molecule has 140 valence electrons. The zero-order chi connectivity index (χ0) is 18.9. The van der Waals surface area contributed by atoms with Crippen LogP contribution in [0.1, 0.15) is 45.3 Å². The molecule has 0 aliphatic rings. The molecule has 3 N–H and O–H groups in total. The Morgan fingerprint density at radius 3 is 2.58 bits per heavy atom. The molecule has 0 bridgehead atoms. The first-order valence-corrected chi connectivity index (χ1v) is 9.67. The SMILES string of the molecule is CCNC(=O)c1cccc(CN=C(NCC)NCc2sc(C)nc2C)c1. The molecule has 1 aromatic carbocycles. The van der Waals surface area contributed by atoms with Gasteiger partial charge in [-0.25, -0.2) is 9.98 Å². The number of guanidine groups is 1. The van der Waals surface area contributed by atoms with E-state index in [-0.39, 0.29) is 5.91 Å². The van der Waals surface area contributed by atoms with Gasteiger partial charge in [0.15, 0.2) is 5.96 Å². The maximum absolute atomic E-state index is 12.0. The first-order valence-electron chi connectivity index (χ1n) is 8.85. The summed E-state index contributed by atoms with van der Waals surface area (Å²) in [5.74, 6) is 0.695. The number of carbonyl (C=O) groups is 1. The minimum Gasteiger partial charge on any atom is -0.357 e. The average molecular weight is 374 g/mol. The Morgan fingerprint density at radius 1 is 1.15 bits per heavy atom. The first kappa shape index (κ1) is 19.9. The first-order chi connectivity index (χ1) is 12.5. The molecule has 0 saturated carbocycles. The number of rotatable bonds is 7. The smallest absolute Gasteiger partial charge is 0.251 e. The summed E-state index contributed by atoms with van der Waals surface area (Å²) in [5.41, 5.74) is 2.72. The molecule has 2 aromatic rings. The minimum absolute atomic E-state index is 0.0561. The highest BCUT2D eigenvalue weighted by Crippen LogP contribution is 2.16. The predicted octanol–water partition coefficient (Wildman–Crippen LogP) is 2.76. The van der Waals surface area contributed by atoms with Gasteiger partial charge in [-0.15, -0.1) is 11.3 Å². The lowest BCUT2D eigenvalue weighted by Crippen LogP contribution is -2.36. The summed E-state index contributed by atoms with van der Waals surface area (Å²) in [6, 6.07) is 7.57. The van der Waals surface area contributed by atoms with Crippen molar-refractivity contribution in [1.29, 1.82) is 0 Å². The van der Waals surface area contributed by atoms with E-state index in [1.165, 1.54) is 4.88 Å². The zero-order valence-electron chi connectivity index (χ0n) is 15.8. The van der Waals surface area contributed by atoms with Crippen LogP contribution in [0.3, 0.4) is 0 Å². The Labute approximate surface area is 159 Å². The van der Waals surface area contributed by atoms with E-state index in [0.29, 0.717) is 25.2 Å². The number of aryl methyl sites for hydroxylation is 2. The lowest BCUT2D eigenvalue weighted by atomic mass is 10.1. The Balaban J connectivity index is 2.03. The van der Waals surface area contributed by atoms with Gasteiger partial charge in [-0.05, 0) is 45.4 Å². The number of benzene rings is 1. The van der Waals surface area contributed by atoms with Gasteiger partial charge in [0.25, 0.3) is 5.91 Å². The predicted molar refractivity (Wildman–Crippen MR) is 108 cm³/mol. The lowest BCUT2D eigenvalue weighted by molar-refractivity contribution is 0.0955. The number of aromatic nitrogens is 1. The molecule has 0 saturated heterocycles. The van der Waals surface area contributed by atoms with E-state index in [4.69, 9.17) is 0 Å². The van der Waals surface area contributed by atoms with Crippen LogP contribution in [0.15, 0.2) is 29.3 Å². The van der Waals surface area contributed by atoms with Crippen molar-refractivity contribution in [1.82, 2.24) is 20.9 Å². The van der Waals surface area contributed by atoms with Crippen LogP contribution in [0, 0.1) is 13.8 Å². The van der Waals surface area contributed by atoms with Gasteiger partial charge in [-0.2, -0.15) is 0 Å². The Morgan fingerprint density at radius 2 is 1.92 bits per heavy atom. The molecule has 1 aromatic heterocycles. The van der Waals surface area contributed by atoms with E-state index in [1.807, 2.05) is 52.0 Å². The minimum atomic E-state index is -0.0561. The highest BCUT2D eigenvalue weighted by atomic mass is 32.1. The molecule has 2 rings (SSSR count). The Hall–Kier alpha value is -2.41. The number of nitrogens with zero attached hydrogens (tertiary/aromatic N) is 2. The highest BCUT2D eigenvalue weighted by molar-refractivity contribution is 7.11. The second-order valence-corrected chi connectivity index (χ2v) is 7.14. The molecule has 0 unspecified atom stereocenters. The highest BCUT2D eigenvalue weighted by Gasteiger charge is 2.07. The van der Waals surface area contributed by atoms with E-state index in [2.05, 4.69) is 25.9 Å². The summed E-state index contributed by atoms with van der Waals surface area (Å²) >= 11 is 1.70. The van der Waals surface area contributed by atoms with Gasteiger partial charge in [0.05, 0.1) is 23.8 Å². The monoisotopic (exact) mass is 373 g/mol. The van der Waals surface area contributed by atoms with Crippen LogP contribution in [-0.2, 0) is 13.1 Å². The van der Waals surface area contributed by atoms with Gasteiger partial charge in [0.2, 0.25) is 0 Å². The van der Waals surface area contributed by atoms with Crippen molar-refractivity contribution in [3.05, 3.63) is 51.0 Å². The van der Waals surface area contributed by atoms with Gasteiger partial charge in [-0.3, -0.25) is 4.79 Å². The van der Waals surface area contributed by atoms with Crippen molar-refractivity contribution in [3.63, 3.8) is 0 Å². The molecular weight excluding hydrogens is 346 g/mol. The van der Waals surface area contributed by atoms with Crippen LogP contribution in [0.5, 0.6) is 0 Å². The van der Waals surface area contributed by atoms with Crippen molar-refractivity contribution in [2.45, 2.75) is 40.8 Å². The van der Waals surface area contributed by atoms with E-state index >= 15 is 0 Å². The second-order valence-electron chi connectivity index (χ2n) is 5.85. The normalized spacial score (nSPS) is 11.3. The zero-order valence-corrected chi connectivity index (χ0v) is 16.7. The van der Waals surface area contributed by atoms with Gasteiger partial charge < -0.3 is 16.0 Å². The topological polar surface area (TPSA) is 78.4 Å². The van der Waals surface area contributed by atoms with Gasteiger partial charge in [0.1, 0.15) is 0 Å². The second kappa shape index (κ2) is 9.91. The van der Waals surface area contributed by atoms with E-state index in [1.54, 1.807) is 11.3 Å². The van der Waals surface area contributed by atoms with E-state index in [0.717, 1.165) is 28.8 Å². The Kier molecular flexibility index (Phi) is 7.59. The fraction of sp³-hybridized carbons (Fsp3) is 0.421. The molecule has 26 heavy (non-hydrogen) atoms. The van der Waals surface area contributed by atoms with E-state index < -0.39 is 0 Å². The summed E-state index contributed by atoms with van der Waals surface area (Å²) in [5, 5.41) is 10.5. The maximum Gasteiger partial charge on any atom is 0.251 e. The average Bonchev–Trinajstić information content (AvgIpc) is 2.95. The summed E-state index contributed by atoms with van der Waals surface area (Å²) in [6.45, 7) is 10.6. The largest absolute Gasteiger partial charge is 0.357 e. The third-order valence-corrected chi connectivity index (χ3v) is 4.78. The number of aliphatic imine (C=N–C) groups is 1. The summed E-state index contributed by atoms with van der Waals surface area (Å²) in [7, 11) is 0. The van der Waals surface area contributed by atoms with Crippen molar-refractivity contribution in [3.8, 4) is 0 Å². The number of nitrogens with one attached hydrogen (secondary N) is 3. The maximum atomic E-state index is 12.0. The third kappa shape index (κ3) is 5.84. The third-order valence-electron chi connectivity index (χ3n) is 3.71. The summed E-state index contributed by atoms with van der Waals surface area (Å²) in [6.07, 6.45) is 0. The van der Waals surface area contributed by atoms with Crippen LogP contribution in [0.4, 0.5) is 0 Å². The molecule has 0 fully saturated rings. The number of hydrogen-bond donors (Lipinski definition) is 3. The molecule has 7 heteroatoms. The van der Waals surface area contributed by atoms with Crippen LogP contribution in [0.25, 0.3) is 0 Å². The fourth-order valence-electron chi connectivity index (χ4n) is 2.49. The molecule has 0 aliphatic heterocycles. The molecule has 0 aliphatic carbocycles. The van der Waals surface area contributed by atoms with Crippen molar-refractivity contribution >= 4 is 23.2 Å². The standard InChI is InChI=1S/C19H27N5OS/c1-5-20-18(25)16-9-7-8-15(10-16)11-22-19(21-6-2)23-12-17-13(3)24-14(4)26-17/h7-10H,5-6,11-12H2,1-4H3,(H,20,25)(H2,21,22,23). The fourth-order valence-corrected chi connectivity index (χ4v) is 3.36. The van der Waals surface area contributed by atoms with Crippen molar-refractivity contribution in [2.24, 2.45) is 4.99 Å². The number of amides is 1. The number of hydrogen-bond acceptors (Lipinski definition) is 4. The van der Waals surface area contributed by atoms with Gasteiger partial charge >= 0.3 is 0 Å². The van der Waals surface area contributed by atoms with Crippen molar-refractivity contribution in [2.75, 3.05) is 13.1 Å². The Bertz CT molecular complexity index is 769. The quantitative estimate of drug-likeness (QED) is 0.515. The molecule has 0 atom stereocenters. The molecule has 1 heterocycles. The summed E-state index contributed by atoms with van der Waals surface area (Å²) < 4.78 is 0. The molecule has 6 nitrogen and oxygen atoms in total. The molecular formula is C19H27N5OS. The molecule has 1 amide bonds. The summed E-state index contributed by atoms with van der Waals surface area (Å²) in [4.78, 5) is 22.2. The van der Waals surface area contributed by atoms with Crippen LogP contribution < -0.4 is 16.0 Å². The number of carbonyl (C=O) groups excluding carboxylic acids is 1. The molecule has 0 spiro atoms. The van der Waals surface area contributed by atoms with Crippen LogP contribution in [-0.4, -0.2) is 29.9 Å². The van der Waals surface area contributed by atoms with Gasteiger partial charge in [0, 0.05) is 23.5 Å². The van der Waals surface area contributed by atoms with E-state index in [9.17, 15) is 4.79 Å².